The van der Waals surface area contributed by atoms with Gasteiger partial charge >= 0.3 is 5.97 Å². The monoisotopic (exact) mass is 544 g/mol. The molecule has 3 N–H and O–H groups in total. The molecule has 1 aromatic carbocycles. The zero-order chi connectivity index (χ0) is 27.7. The highest BCUT2D eigenvalue weighted by molar-refractivity contribution is 7.91. The van der Waals surface area contributed by atoms with Crippen LogP contribution in [0.4, 0.5) is 4.39 Å². The predicted molar refractivity (Wildman–Crippen MR) is 129 cm³/mol. The third-order valence-electron chi connectivity index (χ3n) is 6.11. The third kappa shape index (κ3) is 5.17. The molecule has 38 heavy (non-hydrogen) atoms. The lowest BCUT2D eigenvalue weighted by atomic mass is 10.1. The summed E-state index contributed by atoms with van der Waals surface area (Å²) in [5.41, 5.74) is -0.509. The van der Waals surface area contributed by atoms with E-state index in [1.807, 2.05) is 4.72 Å². The van der Waals surface area contributed by atoms with Gasteiger partial charge in [-0.15, -0.1) is 5.10 Å². The Morgan fingerprint density at radius 3 is 2.68 bits per heavy atom. The molecule has 198 valence electrons. The van der Waals surface area contributed by atoms with E-state index in [4.69, 9.17) is 15.1 Å². The molecule has 2 heterocycles. The Morgan fingerprint density at radius 1 is 1.32 bits per heavy atom. The van der Waals surface area contributed by atoms with Crippen LogP contribution >= 0.6 is 0 Å². The van der Waals surface area contributed by atoms with Gasteiger partial charge in [0.05, 0.1) is 11.8 Å². The van der Waals surface area contributed by atoms with Crippen molar-refractivity contribution in [1.82, 2.24) is 24.8 Å². The number of benzene rings is 1. The Bertz CT molecular complexity index is 1660. The molecule has 4 rings (SSSR count). The second-order valence-electron chi connectivity index (χ2n) is 8.67. The lowest BCUT2D eigenvalue weighted by Crippen LogP contribution is -2.42. The van der Waals surface area contributed by atoms with E-state index >= 15 is 0 Å². The van der Waals surface area contributed by atoms with E-state index in [9.17, 15) is 27.2 Å². The fourth-order valence-corrected chi connectivity index (χ4v) is 5.23. The predicted octanol–water partition coefficient (Wildman–Crippen LogP) is 0.185. The number of aromatic nitrogens is 3. The normalized spacial score (nSPS) is 14.0. The number of nitrogens with one attached hydrogen (secondary N) is 2. The van der Waals surface area contributed by atoms with Gasteiger partial charge in [-0.2, -0.15) is 10.4 Å². The summed E-state index contributed by atoms with van der Waals surface area (Å²) in [6.07, 6.45) is 1.78. The number of nitriles is 1. The minimum atomic E-state index is -4.00. The Balaban J connectivity index is 1.54. The van der Waals surface area contributed by atoms with Crippen molar-refractivity contribution < 1.29 is 32.2 Å². The van der Waals surface area contributed by atoms with Gasteiger partial charge in [0.2, 0.25) is 10.0 Å². The van der Waals surface area contributed by atoms with E-state index in [2.05, 4.69) is 15.5 Å². The molecule has 1 fully saturated rings. The largest absolute Gasteiger partial charge is 0.480 e. The maximum absolute atomic E-state index is 13.8. The number of aliphatic carboxylic acids is 1. The van der Waals surface area contributed by atoms with Gasteiger partial charge in [0.1, 0.15) is 40.9 Å². The fraction of sp³-hybridized carbons (Fsp3) is 0.304. The highest BCUT2D eigenvalue weighted by Crippen LogP contribution is 2.43. The number of pyridine rings is 1. The van der Waals surface area contributed by atoms with Crippen LogP contribution in [0.25, 0.3) is 10.9 Å². The average molecular weight is 545 g/mol. The number of rotatable bonds is 10. The number of hydrogen-bond acceptors (Lipinski definition) is 9. The number of carbonyl (C=O) groups excluding carboxylic acids is 1. The molecule has 0 saturated heterocycles. The number of nitrogens with zero attached hydrogens (tertiary/aromatic N) is 4. The van der Waals surface area contributed by atoms with Gasteiger partial charge in [-0.1, -0.05) is 6.07 Å². The summed E-state index contributed by atoms with van der Waals surface area (Å²) in [4.78, 5) is 36.5. The standard InChI is InChI=1S/C23H21FN6O7S/c1-30-19-15(7-16(22(30)34)20(33)26-9-13-2-3-14(8-25)17(24)6-13)10-27-29-21(19)37-12-23(4-5-23)38(35,36)28-11-18(31)32/h2-3,6-7,10,28H,4-5,9,11-12H2,1H3,(H,26,33)(H,31,32). The van der Waals surface area contributed by atoms with Crippen molar-refractivity contribution in [2.75, 3.05) is 13.2 Å². The van der Waals surface area contributed by atoms with Crippen LogP contribution in [0.3, 0.4) is 0 Å². The first kappa shape index (κ1) is 26.6. The topological polar surface area (TPSA) is 193 Å². The van der Waals surface area contributed by atoms with Crippen LogP contribution in [0.5, 0.6) is 5.88 Å². The van der Waals surface area contributed by atoms with Crippen molar-refractivity contribution in [3.05, 3.63) is 63.3 Å². The summed E-state index contributed by atoms with van der Waals surface area (Å²) in [7, 11) is -2.63. The van der Waals surface area contributed by atoms with Crippen molar-refractivity contribution in [3.8, 4) is 11.9 Å². The first-order chi connectivity index (χ1) is 18.0. The molecule has 0 radical (unpaired) electrons. The van der Waals surface area contributed by atoms with Crippen molar-refractivity contribution in [3.63, 3.8) is 0 Å². The van der Waals surface area contributed by atoms with E-state index in [0.29, 0.717) is 10.9 Å². The van der Waals surface area contributed by atoms with Crippen LogP contribution in [-0.2, 0) is 28.4 Å². The molecule has 1 saturated carbocycles. The van der Waals surface area contributed by atoms with Crippen LogP contribution in [0, 0.1) is 17.1 Å². The highest BCUT2D eigenvalue weighted by Gasteiger charge is 2.55. The molecule has 1 aliphatic carbocycles. The molecule has 0 spiro atoms. The van der Waals surface area contributed by atoms with Gasteiger partial charge in [-0.25, -0.2) is 17.5 Å². The number of carbonyl (C=O) groups is 2. The quantitative estimate of drug-likeness (QED) is 0.317. The molecule has 15 heteroatoms. The molecule has 0 atom stereocenters. The summed E-state index contributed by atoms with van der Waals surface area (Å²) in [5.74, 6) is -2.93. The molecule has 13 nitrogen and oxygen atoms in total. The fourth-order valence-electron chi connectivity index (χ4n) is 3.75. The number of hydrogen-bond donors (Lipinski definition) is 3. The van der Waals surface area contributed by atoms with Gasteiger partial charge in [-0.3, -0.25) is 14.4 Å². The SMILES string of the molecule is Cn1c(=O)c(C(=O)NCc2ccc(C#N)c(F)c2)cc2cnnc(OCC3(S(=O)(=O)NCC(=O)O)CC3)c21. The van der Waals surface area contributed by atoms with E-state index < -0.39 is 44.6 Å². The van der Waals surface area contributed by atoms with Crippen molar-refractivity contribution in [2.45, 2.75) is 24.1 Å². The van der Waals surface area contributed by atoms with Crippen LogP contribution in [0.2, 0.25) is 0 Å². The maximum Gasteiger partial charge on any atom is 0.318 e. The lowest BCUT2D eigenvalue weighted by Gasteiger charge is -2.18. The number of ether oxygens (including phenoxy) is 1. The summed E-state index contributed by atoms with van der Waals surface area (Å²) < 4.78 is 46.4. The molecular formula is C23H21FN6O7S. The minimum absolute atomic E-state index is 0.0991. The van der Waals surface area contributed by atoms with Crippen molar-refractivity contribution in [1.29, 1.82) is 5.26 Å². The molecule has 3 aromatic rings. The Morgan fingerprint density at radius 2 is 2.05 bits per heavy atom. The molecule has 0 bridgehead atoms. The number of fused-ring (bicyclic) bond motifs is 1. The molecule has 0 unspecified atom stereocenters. The van der Waals surface area contributed by atoms with E-state index in [-0.39, 0.29) is 48.5 Å². The van der Waals surface area contributed by atoms with Gasteiger partial charge in [0, 0.05) is 19.0 Å². The molecule has 2 aromatic heterocycles. The van der Waals surface area contributed by atoms with E-state index in [1.54, 1.807) is 6.07 Å². The number of amides is 1. The van der Waals surface area contributed by atoms with Gasteiger partial charge in [0.25, 0.3) is 17.3 Å². The van der Waals surface area contributed by atoms with Crippen LogP contribution < -0.4 is 20.3 Å². The van der Waals surface area contributed by atoms with Crippen LogP contribution in [-0.4, -0.2) is 58.1 Å². The van der Waals surface area contributed by atoms with Gasteiger partial charge < -0.3 is 19.7 Å². The maximum atomic E-state index is 13.8. The summed E-state index contributed by atoms with van der Waals surface area (Å²) in [6.45, 7) is -1.22. The summed E-state index contributed by atoms with van der Waals surface area (Å²) in [6, 6.07) is 6.86. The van der Waals surface area contributed by atoms with Gasteiger partial charge in [0.15, 0.2) is 0 Å². The minimum Gasteiger partial charge on any atom is -0.480 e. The number of sulfonamides is 1. The van der Waals surface area contributed by atoms with Crippen molar-refractivity contribution >= 4 is 32.8 Å². The zero-order valence-corrected chi connectivity index (χ0v) is 20.7. The van der Waals surface area contributed by atoms with Gasteiger partial charge in [-0.05, 0) is 36.6 Å². The Labute approximate surface area is 214 Å². The molecule has 1 amide bonds. The Hall–Kier alpha value is -4.42. The van der Waals surface area contributed by atoms with Crippen molar-refractivity contribution in [2.24, 2.45) is 7.05 Å². The molecule has 1 aliphatic rings. The lowest BCUT2D eigenvalue weighted by molar-refractivity contribution is -0.135. The number of halogens is 1. The van der Waals surface area contributed by atoms with E-state index in [0.717, 1.165) is 10.6 Å². The molecule has 0 aliphatic heterocycles. The highest BCUT2D eigenvalue weighted by atomic mass is 32.2. The smallest absolute Gasteiger partial charge is 0.318 e. The molecular weight excluding hydrogens is 523 g/mol. The summed E-state index contributed by atoms with van der Waals surface area (Å²) in [5, 5.41) is 28.1. The Kier molecular flexibility index (Phi) is 7.11. The second-order valence-corrected chi connectivity index (χ2v) is 10.8. The number of carboxylic acid groups (broad SMARTS) is 1. The first-order valence-corrected chi connectivity index (χ1v) is 12.6. The van der Waals surface area contributed by atoms with Crippen LogP contribution in [0.1, 0.15) is 34.3 Å². The van der Waals surface area contributed by atoms with E-state index in [1.165, 1.54) is 31.4 Å². The third-order valence-corrected chi connectivity index (χ3v) is 8.30. The number of carboxylic acids is 1. The zero-order valence-electron chi connectivity index (χ0n) is 19.9. The number of aryl methyl sites for hydroxylation is 1. The second kappa shape index (κ2) is 10.1. The average Bonchev–Trinajstić information content (AvgIpc) is 3.69. The first-order valence-electron chi connectivity index (χ1n) is 11.1. The summed E-state index contributed by atoms with van der Waals surface area (Å²) >= 11 is 0. The van der Waals surface area contributed by atoms with Crippen LogP contribution in [0.15, 0.2) is 35.3 Å².